The predicted molar refractivity (Wildman–Crippen MR) is 88.8 cm³/mol. The van der Waals surface area contributed by atoms with Gasteiger partial charge in [-0.2, -0.15) is 5.26 Å². The Balaban J connectivity index is 1.99. The second-order valence-corrected chi connectivity index (χ2v) is 6.91. The third kappa shape index (κ3) is 3.73. The van der Waals surface area contributed by atoms with E-state index in [-0.39, 0.29) is 17.6 Å². The summed E-state index contributed by atoms with van der Waals surface area (Å²) in [6.07, 6.45) is 0. The van der Waals surface area contributed by atoms with Crippen LogP contribution >= 0.6 is 23.4 Å². The van der Waals surface area contributed by atoms with Gasteiger partial charge in [-0.25, -0.2) is 4.98 Å². The van der Waals surface area contributed by atoms with Crippen LogP contribution in [0.4, 0.5) is 0 Å². The molecule has 0 aliphatic heterocycles. The van der Waals surface area contributed by atoms with Crippen LogP contribution in [0.15, 0.2) is 23.4 Å². The number of carbonyl (C=O) groups is 1. The number of nitriles is 1. The first-order chi connectivity index (χ1) is 10.3. The highest BCUT2D eigenvalue weighted by atomic mass is 35.5. The molecule has 0 aliphatic rings. The number of halogens is 1. The number of imidazole rings is 1. The van der Waals surface area contributed by atoms with Crippen molar-refractivity contribution >= 4 is 40.3 Å². The molecule has 1 atom stereocenters. The maximum Gasteiger partial charge on any atom is 0.231 e. The molecular weight excluding hydrogens is 320 g/mol. The first-order valence-corrected chi connectivity index (χ1v) is 8.21. The number of carbonyl (C=O) groups excluding carboxylic acids is 1. The van der Waals surface area contributed by atoms with Crippen molar-refractivity contribution in [3.05, 3.63) is 23.2 Å². The molecule has 2 aromatic rings. The van der Waals surface area contributed by atoms with E-state index in [0.717, 1.165) is 11.0 Å². The van der Waals surface area contributed by atoms with Crippen molar-refractivity contribution in [2.24, 2.45) is 5.92 Å². The van der Waals surface area contributed by atoms with Crippen LogP contribution in [0.5, 0.6) is 0 Å². The Bertz CT molecular complexity index is 737. The Morgan fingerprint density at radius 1 is 1.59 bits per heavy atom. The molecule has 0 bridgehead atoms. The first kappa shape index (κ1) is 16.7. The van der Waals surface area contributed by atoms with Crippen molar-refractivity contribution in [1.82, 2.24) is 15.3 Å². The minimum atomic E-state index is -0.862. The van der Waals surface area contributed by atoms with Crippen LogP contribution in [0.25, 0.3) is 11.0 Å². The highest BCUT2D eigenvalue weighted by Crippen LogP contribution is 2.22. The van der Waals surface area contributed by atoms with Crippen LogP contribution in [-0.4, -0.2) is 27.2 Å². The minimum absolute atomic E-state index is 0.0276. The topological polar surface area (TPSA) is 81.6 Å². The molecular formula is C15H17ClN4OS. The number of H-pyrrole nitrogens is 1. The summed E-state index contributed by atoms with van der Waals surface area (Å²) in [7, 11) is 0. The number of hydrogen-bond donors (Lipinski definition) is 2. The average molecular weight is 337 g/mol. The number of aromatic nitrogens is 2. The zero-order chi connectivity index (χ0) is 16.3. The first-order valence-electron chi connectivity index (χ1n) is 6.84. The third-order valence-corrected chi connectivity index (χ3v) is 4.66. The van der Waals surface area contributed by atoms with Crippen LogP contribution in [0.1, 0.15) is 20.8 Å². The van der Waals surface area contributed by atoms with E-state index in [1.54, 1.807) is 19.1 Å². The SMILES string of the molecule is CC(C)[C@@](C)(C#N)NC(=O)CSc1nc2ccc(Cl)cc2[nH]1. The number of nitrogens with one attached hydrogen (secondary N) is 2. The molecule has 1 heterocycles. The molecule has 116 valence electrons. The van der Waals surface area contributed by atoms with Crippen LogP contribution < -0.4 is 5.32 Å². The lowest BCUT2D eigenvalue weighted by Gasteiger charge is -2.27. The van der Waals surface area contributed by atoms with Gasteiger partial charge in [0.25, 0.3) is 0 Å². The molecule has 1 amide bonds. The number of fused-ring (bicyclic) bond motifs is 1. The largest absolute Gasteiger partial charge is 0.337 e. The lowest BCUT2D eigenvalue weighted by Crippen LogP contribution is -2.49. The monoisotopic (exact) mass is 336 g/mol. The molecule has 0 radical (unpaired) electrons. The standard InChI is InChI=1S/C15H17ClN4OS/c1-9(2)15(3,8-17)20-13(21)7-22-14-18-11-5-4-10(16)6-12(11)19-14/h4-6,9H,7H2,1-3H3,(H,18,19)(H,20,21)/t15-/m1/s1. The Kier molecular flexibility index (Phi) is 4.99. The van der Waals surface area contributed by atoms with Gasteiger partial charge in [-0.15, -0.1) is 0 Å². The van der Waals surface area contributed by atoms with Crippen molar-refractivity contribution in [2.75, 3.05) is 5.75 Å². The highest BCUT2D eigenvalue weighted by Gasteiger charge is 2.29. The molecule has 0 aliphatic carbocycles. The van der Waals surface area contributed by atoms with E-state index in [2.05, 4.69) is 21.4 Å². The third-order valence-electron chi connectivity index (χ3n) is 3.55. The van der Waals surface area contributed by atoms with Crippen molar-refractivity contribution in [3.8, 4) is 6.07 Å². The molecule has 2 N–H and O–H groups in total. The number of aromatic amines is 1. The van der Waals surface area contributed by atoms with E-state index in [1.165, 1.54) is 11.8 Å². The number of nitrogens with zero attached hydrogens (tertiary/aromatic N) is 2. The van der Waals surface area contributed by atoms with Gasteiger partial charge in [-0.1, -0.05) is 37.2 Å². The summed E-state index contributed by atoms with van der Waals surface area (Å²) in [6, 6.07) is 7.54. The second kappa shape index (κ2) is 6.59. The lowest BCUT2D eigenvalue weighted by atomic mass is 9.90. The average Bonchev–Trinajstić information content (AvgIpc) is 2.86. The van der Waals surface area contributed by atoms with Gasteiger partial charge in [0, 0.05) is 5.02 Å². The van der Waals surface area contributed by atoms with Gasteiger partial charge < -0.3 is 10.3 Å². The summed E-state index contributed by atoms with van der Waals surface area (Å²) in [6.45, 7) is 5.53. The van der Waals surface area contributed by atoms with Crippen LogP contribution in [0.2, 0.25) is 5.02 Å². The van der Waals surface area contributed by atoms with Gasteiger partial charge in [0.1, 0.15) is 5.54 Å². The molecule has 5 nitrogen and oxygen atoms in total. The zero-order valence-electron chi connectivity index (χ0n) is 12.6. The molecule has 7 heteroatoms. The molecule has 1 aromatic carbocycles. The van der Waals surface area contributed by atoms with Crippen LogP contribution in [0.3, 0.4) is 0 Å². The summed E-state index contributed by atoms with van der Waals surface area (Å²) in [5, 5.41) is 13.3. The lowest BCUT2D eigenvalue weighted by molar-refractivity contribution is -0.120. The van der Waals surface area contributed by atoms with E-state index in [4.69, 9.17) is 11.6 Å². The molecule has 0 saturated carbocycles. The molecule has 0 unspecified atom stereocenters. The normalized spacial score (nSPS) is 13.8. The van der Waals surface area contributed by atoms with Gasteiger partial charge in [0.05, 0.1) is 22.9 Å². The predicted octanol–water partition coefficient (Wildman–Crippen LogP) is 3.36. The minimum Gasteiger partial charge on any atom is -0.337 e. The Hall–Kier alpha value is -1.71. The van der Waals surface area contributed by atoms with Crippen molar-refractivity contribution < 1.29 is 4.79 Å². The van der Waals surface area contributed by atoms with E-state index in [9.17, 15) is 10.1 Å². The summed E-state index contributed by atoms with van der Waals surface area (Å²) in [5.74, 6) is 0.0263. The molecule has 0 saturated heterocycles. The van der Waals surface area contributed by atoms with Gasteiger partial charge in [0.2, 0.25) is 5.91 Å². The van der Waals surface area contributed by atoms with E-state index < -0.39 is 5.54 Å². The number of benzene rings is 1. The van der Waals surface area contributed by atoms with E-state index >= 15 is 0 Å². The number of thioether (sulfide) groups is 1. The van der Waals surface area contributed by atoms with Crippen molar-refractivity contribution in [3.63, 3.8) is 0 Å². The molecule has 0 spiro atoms. The van der Waals surface area contributed by atoms with Crippen molar-refractivity contribution in [1.29, 1.82) is 5.26 Å². The maximum absolute atomic E-state index is 12.0. The van der Waals surface area contributed by atoms with Gasteiger partial charge in [-0.3, -0.25) is 4.79 Å². The summed E-state index contributed by atoms with van der Waals surface area (Å²) in [4.78, 5) is 19.5. The van der Waals surface area contributed by atoms with Crippen LogP contribution in [0, 0.1) is 17.2 Å². The Morgan fingerprint density at radius 2 is 2.32 bits per heavy atom. The molecule has 22 heavy (non-hydrogen) atoms. The fraction of sp³-hybridized carbons (Fsp3) is 0.400. The summed E-state index contributed by atoms with van der Waals surface area (Å²) < 4.78 is 0. The fourth-order valence-corrected chi connectivity index (χ4v) is 2.64. The highest BCUT2D eigenvalue weighted by molar-refractivity contribution is 7.99. The van der Waals surface area contributed by atoms with Crippen molar-refractivity contribution in [2.45, 2.75) is 31.5 Å². The van der Waals surface area contributed by atoms with E-state index in [1.807, 2.05) is 19.9 Å². The fourth-order valence-electron chi connectivity index (χ4n) is 1.79. The van der Waals surface area contributed by atoms with Gasteiger partial charge in [-0.05, 0) is 31.0 Å². The smallest absolute Gasteiger partial charge is 0.231 e. The van der Waals surface area contributed by atoms with Gasteiger partial charge in [0.15, 0.2) is 5.16 Å². The Morgan fingerprint density at radius 3 is 2.95 bits per heavy atom. The number of rotatable bonds is 5. The summed E-state index contributed by atoms with van der Waals surface area (Å²) in [5.41, 5.74) is 0.773. The quantitative estimate of drug-likeness (QED) is 0.820. The van der Waals surface area contributed by atoms with E-state index in [0.29, 0.717) is 10.2 Å². The molecule has 1 aromatic heterocycles. The van der Waals surface area contributed by atoms with Gasteiger partial charge >= 0.3 is 0 Å². The second-order valence-electron chi connectivity index (χ2n) is 5.51. The summed E-state index contributed by atoms with van der Waals surface area (Å²) >= 11 is 7.22. The number of amides is 1. The number of hydrogen-bond acceptors (Lipinski definition) is 4. The maximum atomic E-state index is 12.0. The molecule has 0 fully saturated rings. The Labute approximate surface area is 138 Å². The molecule has 2 rings (SSSR count). The zero-order valence-corrected chi connectivity index (χ0v) is 14.2. The van der Waals surface area contributed by atoms with Crippen LogP contribution in [-0.2, 0) is 4.79 Å².